The number of hydrogen-bond donors (Lipinski definition) is 1. The van der Waals surface area contributed by atoms with Crippen LogP contribution in [-0.4, -0.2) is 32.2 Å². The van der Waals surface area contributed by atoms with Crippen molar-refractivity contribution in [1.82, 2.24) is 5.32 Å². The summed E-state index contributed by atoms with van der Waals surface area (Å²) in [4.78, 5) is 23.0. The Hall–Kier alpha value is -2.40. The molecule has 2 aromatic rings. The Morgan fingerprint density at radius 3 is 2.59 bits per heavy atom. The van der Waals surface area contributed by atoms with Gasteiger partial charge < -0.3 is 14.8 Å². The minimum atomic E-state index is -0.560. The van der Waals surface area contributed by atoms with E-state index in [1.807, 2.05) is 49.4 Å². The van der Waals surface area contributed by atoms with Gasteiger partial charge in [0.25, 0.3) is 5.91 Å². The average molecular weight is 301 g/mol. The highest BCUT2D eigenvalue weighted by Gasteiger charge is 2.13. The summed E-state index contributed by atoms with van der Waals surface area (Å²) in [6.07, 6.45) is 0. The van der Waals surface area contributed by atoms with Gasteiger partial charge in [-0.05, 0) is 23.3 Å². The van der Waals surface area contributed by atoms with Crippen LogP contribution in [0.2, 0.25) is 0 Å². The fraction of sp³-hybridized carbons (Fsp3) is 0.294. The molecule has 0 saturated heterocycles. The van der Waals surface area contributed by atoms with E-state index in [1.165, 1.54) is 7.11 Å². The molecule has 116 valence electrons. The van der Waals surface area contributed by atoms with Crippen molar-refractivity contribution in [3.8, 4) is 0 Å². The summed E-state index contributed by atoms with van der Waals surface area (Å²) in [5, 5.41) is 5.04. The molecule has 0 heterocycles. The zero-order valence-electron chi connectivity index (χ0n) is 12.7. The molecule has 5 heteroatoms. The molecule has 5 nitrogen and oxygen atoms in total. The van der Waals surface area contributed by atoms with Crippen molar-refractivity contribution in [2.75, 3.05) is 20.3 Å². The van der Waals surface area contributed by atoms with E-state index in [0.29, 0.717) is 0 Å². The number of amides is 1. The molecule has 0 fully saturated rings. The topological polar surface area (TPSA) is 64.6 Å². The maximum absolute atomic E-state index is 11.8. The first-order valence-corrected chi connectivity index (χ1v) is 7.03. The number of nitrogens with one attached hydrogen (secondary N) is 1. The normalized spacial score (nSPS) is 11.9. The van der Waals surface area contributed by atoms with E-state index in [0.717, 1.165) is 16.3 Å². The van der Waals surface area contributed by atoms with Gasteiger partial charge in [0.05, 0.1) is 6.04 Å². The van der Waals surface area contributed by atoms with Crippen molar-refractivity contribution in [1.29, 1.82) is 0 Å². The molecule has 0 spiro atoms. The first kappa shape index (κ1) is 16.0. The van der Waals surface area contributed by atoms with Gasteiger partial charge in [0.1, 0.15) is 6.61 Å². The van der Waals surface area contributed by atoms with Gasteiger partial charge in [0.15, 0.2) is 6.61 Å². The van der Waals surface area contributed by atoms with E-state index in [2.05, 4.69) is 10.1 Å². The lowest BCUT2D eigenvalue weighted by molar-refractivity contribution is -0.152. The smallest absolute Gasteiger partial charge is 0.332 e. The molecule has 22 heavy (non-hydrogen) atoms. The summed E-state index contributed by atoms with van der Waals surface area (Å²) in [5.74, 6) is -0.902. The molecule has 1 N–H and O–H groups in total. The van der Waals surface area contributed by atoms with Crippen LogP contribution in [0.5, 0.6) is 0 Å². The molecule has 0 aliphatic rings. The van der Waals surface area contributed by atoms with Gasteiger partial charge in [-0.1, -0.05) is 42.5 Å². The predicted molar refractivity (Wildman–Crippen MR) is 83.3 cm³/mol. The lowest BCUT2D eigenvalue weighted by Gasteiger charge is -2.16. The fourth-order valence-electron chi connectivity index (χ4n) is 2.29. The average Bonchev–Trinajstić information content (AvgIpc) is 2.52. The highest BCUT2D eigenvalue weighted by atomic mass is 16.6. The van der Waals surface area contributed by atoms with Gasteiger partial charge in [0, 0.05) is 7.11 Å². The molecule has 0 unspecified atom stereocenters. The van der Waals surface area contributed by atoms with Crippen LogP contribution in [0.25, 0.3) is 10.8 Å². The summed E-state index contributed by atoms with van der Waals surface area (Å²) in [6.45, 7) is 1.43. The van der Waals surface area contributed by atoms with Gasteiger partial charge in [-0.2, -0.15) is 0 Å². The fourth-order valence-corrected chi connectivity index (χ4v) is 2.29. The van der Waals surface area contributed by atoms with Gasteiger partial charge in [-0.3, -0.25) is 4.79 Å². The monoisotopic (exact) mass is 301 g/mol. The van der Waals surface area contributed by atoms with E-state index >= 15 is 0 Å². The number of hydrogen-bond acceptors (Lipinski definition) is 4. The number of ether oxygens (including phenoxy) is 2. The summed E-state index contributed by atoms with van der Waals surface area (Å²) in [5.41, 5.74) is 1.02. The highest BCUT2D eigenvalue weighted by molar-refractivity contribution is 5.87. The van der Waals surface area contributed by atoms with Gasteiger partial charge in [0.2, 0.25) is 0 Å². The minimum absolute atomic E-state index is 0.161. The maximum Gasteiger partial charge on any atom is 0.332 e. The summed E-state index contributed by atoms with van der Waals surface area (Å²) >= 11 is 0. The molecular formula is C17H19NO4. The molecule has 0 aliphatic heterocycles. The largest absolute Gasteiger partial charge is 0.454 e. The third kappa shape index (κ3) is 4.05. The van der Waals surface area contributed by atoms with Crippen LogP contribution in [0.3, 0.4) is 0 Å². The van der Waals surface area contributed by atoms with Gasteiger partial charge >= 0.3 is 5.97 Å². The maximum atomic E-state index is 11.8. The van der Waals surface area contributed by atoms with Gasteiger partial charge in [-0.15, -0.1) is 0 Å². The van der Waals surface area contributed by atoms with Crippen molar-refractivity contribution in [3.05, 3.63) is 48.0 Å². The van der Waals surface area contributed by atoms with E-state index in [1.54, 1.807) is 0 Å². The van der Waals surface area contributed by atoms with Crippen molar-refractivity contribution in [2.24, 2.45) is 0 Å². The van der Waals surface area contributed by atoms with Crippen LogP contribution in [0.1, 0.15) is 18.5 Å². The Balaban J connectivity index is 2.00. The molecule has 2 rings (SSSR count). The Bertz CT molecular complexity index is 663. The zero-order chi connectivity index (χ0) is 15.9. The second-order valence-corrected chi connectivity index (χ2v) is 4.95. The highest BCUT2D eigenvalue weighted by Crippen LogP contribution is 2.23. The molecule has 2 aromatic carbocycles. The molecule has 0 aliphatic carbocycles. The zero-order valence-corrected chi connectivity index (χ0v) is 12.7. The second kappa shape index (κ2) is 7.56. The van der Waals surface area contributed by atoms with E-state index in [9.17, 15) is 9.59 Å². The number of carbonyl (C=O) groups excluding carboxylic acids is 2. The standard InChI is InChI=1S/C17H19NO4/c1-12(18-16(19)10-22-17(20)11-21-2)14-9-5-7-13-6-3-4-8-15(13)14/h3-9,12H,10-11H2,1-2H3,(H,18,19)/t12-/m1/s1. The molecule has 0 saturated carbocycles. The SMILES string of the molecule is COCC(=O)OCC(=O)N[C@H](C)c1cccc2ccccc12. The van der Waals surface area contributed by atoms with Gasteiger partial charge in [-0.25, -0.2) is 4.79 Å². The van der Waals surface area contributed by atoms with Crippen LogP contribution >= 0.6 is 0 Å². The van der Waals surface area contributed by atoms with Crippen LogP contribution in [0.4, 0.5) is 0 Å². The first-order chi connectivity index (χ1) is 10.6. The number of rotatable bonds is 6. The lowest BCUT2D eigenvalue weighted by atomic mass is 10.00. The number of benzene rings is 2. The van der Waals surface area contributed by atoms with Crippen LogP contribution in [-0.2, 0) is 19.1 Å². The third-order valence-corrected chi connectivity index (χ3v) is 3.29. The number of carbonyl (C=O) groups is 2. The van der Waals surface area contributed by atoms with E-state index < -0.39 is 5.97 Å². The van der Waals surface area contributed by atoms with Crippen LogP contribution in [0.15, 0.2) is 42.5 Å². The first-order valence-electron chi connectivity index (χ1n) is 7.03. The Labute approximate surface area is 129 Å². The minimum Gasteiger partial charge on any atom is -0.454 e. The summed E-state index contributed by atoms with van der Waals surface area (Å²) in [6, 6.07) is 13.8. The molecule has 1 amide bonds. The number of esters is 1. The quantitative estimate of drug-likeness (QED) is 0.831. The van der Waals surface area contributed by atoms with Crippen LogP contribution < -0.4 is 5.32 Å². The second-order valence-electron chi connectivity index (χ2n) is 4.95. The lowest BCUT2D eigenvalue weighted by Crippen LogP contribution is -2.31. The van der Waals surface area contributed by atoms with E-state index in [-0.39, 0.29) is 25.2 Å². The third-order valence-electron chi connectivity index (χ3n) is 3.29. The van der Waals surface area contributed by atoms with Crippen molar-refractivity contribution in [2.45, 2.75) is 13.0 Å². The molecule has 0 radical (unpaired) electrons. The molecule has 0 bridgehead atoms. The summed E-state index contributed by atoms with van der Waals surface area (Å²) < 4.78 is 9.42. The molecular weight excluding hydrogens is 282 g/mol. The predicted octanol–water partition coefficient (Wildman–Crippen LogP) is 2.21. The number of methoxy groups -OCH3 is 1. The van der Waals surface area contributed by atoms with Crippen LogP contribution in [0, 0.1) is 0 Å². The van der Waals surface area contributed by atoms with Crippen molar-refractivity contribution < 1.29 is 19.1 Å². The Kier molecular flexibility index (Phi) is 5.49. The molecule has 1 atom stereocenters. The number of fused-ring (bicyclic) bond motifs is 1. The molecule has 0 aromatic heterocycles. The van der Waals surface area contributed by atoms with Crippen molar-refractivity contribution >= 4 is 22.6 Å². The summed E-state index contributed by atoms with van der Waals surface area (Å²) in [7, 11) is 1.39. The van der Waals surface area contributed by atoms with Crippen molar-refractivity contribution in [3.63, 3.8) is 0 Å². The van der Waals surface area contributed by atoms with E-state index in [4.69, 9.17) is 4.74 Å². The Morgan fingerprint density at radius 2 is 1.82 bits per heavy atom. The Morgan fingerprint density at radius 1 is 1.09 bits per heavy atom.